The summed E-state index contributed by atoms with van der Waals surface area (Å²) in [6.45, 7) is 3.03. The number of aromatic amines is 1. The third kappa shape index (κ3) is 4.39. The maximum atomic E-state index is 12.0. The molecule has 3 atom stereocenters. The van der Waals surface area contributed by atoms with Crippen molar-refractivity contribution in [3.05, 3.63) is 35.8 Å². The van der Waals surface area contributed by atoms with Crippen LogP contribution in [-0.4, -0.2) is 40.5 Å². The fourth-order valence-electron chi connectivity index (χ4n) is 3.64. The normalized spacial score (nSPS) is 26.3. The zero-order chi connectivity index (χ0) is 18.6. The first-order valence-electron chi connectivity index (χ1n) is 9.52. The molecule has 0 aromatic carbocycles. The molecule has 1 aliphatic heterocycles. The van der Waals surface area contributed by atoms with Crippen molar-refractivity contribution in [2.75, 3.05) is 18.5 Å². The Balaban J connectivity index is 1.54. The van der Waals surface area contributed by atoms with E-state index in [1.54, 1.807) is 6.20 Å². The number of fused-ring (bicyclic) bond motifs is 7. The zero-order valence-corrected chi connectivity index (χ0v) is 15.4. The van der Waals surface area contributed by atoms with Crippen molar-refractivity contribution in [3.63, 3.8) is 0 Å². The first kappa shape index (κ1) is 17.8. The number of pyridine rings is 1. The minimum absolute atomic E-state index is 0.0485. The molecule has 2 aromatic heterocycles. The third-order valence-corrected chi connectivity index (χ3v) is 5.12. The van der Waals surface area contributed by atoms with Crippen LogP contribution < -0.4 is 10.6 Å². The number of aromatic nitrogens is 3. The fraction of sp³-hybridized carbons (Fsp3) is 0.526. The van der Waals surface area contributed by atoms with Gasteiger partial charge in [-0.1, -0.05) is 0 Å². The van der Waals surface area contributed by atoms with Crippen LogP contribution >= 0.6 is 0 Å². The van der Waals surface area contributed by atoms with Gasteiger partial charge in [0.05, 0.1) is 11.8 Å². The molecule has 0 saturated heterocycles. The Morgan fingerprint density at radius 1 is 1.26 bits per heavy atom. The molecule has 1 amide bonds. The lowest BCUT2D eigenvalue weighted by Crippen LogP contribution is -2.29. The van der Waals surface area contributed by atoms with E-state index in [1.165, 1.54) is 0 Å². The van der Waals surface area contributed by atoms with Gasteiger partial charge < -0.3 is 20.1 Å². The van der Waals surface area contributed by atoms with Crippen molar-refractivity contribution in [2.45, 2.75) is 50.7 Å². The van der Waals surface area contributed by atoms with Crippen molar-refractivity contribution in [1.29, 1.82) is 0 Å². The third-order valence-electron chi connectivity index (χ3n) is 5.12. The molecule has 0 radical (unpaired) electrons. The summed E-state index contributed by atoms with van der Waals surface area (Å²) in [6, 6.07) is 5.91. The standard InChI is InChI=1S/C19H25N5O3/c1-12-16-10-14(5-7-20-16)22-18-11-17(23-24-18)13-3-4-15(9-13)27-19(25)21-6-2-8-26-12/h5,7,10-13,15H,2-4,6,8-9H2,1H3,(H,21,25)(H2,22,23,24)/t12-,13-,15+/m0/s1. The summed E-state index contributed by atoms with van der Waals surface area (Å²) in [5.74, 6) is 1.09. The molecule has 2 aliphatic rings. The van der Waals surface area contributed by atoms with E-state index in [4.69, 9.17) is 9.47 Å². The number of hydrogen-bond donors (Lipinski definition) is 3. The predicted molar refractivity (Wildman–Crippen MR) is 100.0 cm³/mol. The molecular formula is C19H25N5O3. The van der Waals surface area contributed by atoms with Crippen LogP contribution in [0.4, 0.5) is 16.3 Å². The van der Waals surface area contributed by atoms with E-state index in [9.17, 15) is 4.79 Å². The van der Waals surface area contributed by atoms with Gasteiger partial charge >= 0.3 is 6.09 Å². The highest BCUT2D eigenvalue weighted by molar-refractivity contribution is 5.67. The number of ether oxygens (including phenoxy) is 2. The molecule has 144 valence electrons. The topological polar surface area (TPSA) is 101 Å². The van der Waals surface area contributed by atoms with Crippen LogP contribution in [0.25, 0.3) is 0 Å². The number of nitrogens with zero attached hydrogens (tertiary/aromatic N) is 2. The van der Waals surface area contributed by atoms with Gasteiger partial charge in [-0.3, -0.25) is 10.1 Å². The van der Waals surface area contributed by atoms with Gasteiger partial charge in [-0.05, 0) is 44.7 Å². The minimum Gasteiger partial charge on any atom is -0.446 e. The van der Waals surface area contributed by atoms with Crippen LogP contribution in [0, 0.1) is 0 Å². The van der Waals surface area contributed by atoms with Gasteiger partial charge in [0.15, 0.2) is 5.82 Å². The predicted octanol–water partition coefficient (Wildman–Crippen LogP) is 3.39. The van der Waals surface area contributed by atoms with Crippen molar-refractivity contribution >= 4 is 17.6 Å². The SMILES string of the molecule is C[C@@H]1OCCCNC(=O)O[C@@H]2CC[C@@H](C2)c2cc(n[nH]2)Nc2ccnc1c2. The Kier molecular flexibility index (Phi) is 5.24. The molecule has 0 spiro atoms. The summed E-state index contributed by atoms with van der Waals surface area (Å²) in [5, 5.41) is 13.6. The van der Waals surface area contributed by atoms with Gasteiger partial charge in [0.2, 0.25) is 0 Å². The molecule has 1 aliphatic carbocycles. The van der Waals surface area contributed by atoms with Crippen LogP contribution in [-0.2, 0) is 9.47 Å². The van der Waals surface area contributed by atoms with E-state index >= 15 is 0 Å². The highest BCUT2D eigenvalue weighted by Crippen LogP contribution is 2.36. The van der Waals surface area contributed by atoms with E-state index in [-0.39, 0.29) is 18.3 Å². The number of alkyl carbamates (subject to hydrolysis) is 1. The Morgan fingerprint density at radius 2 is 2.19 bits per heavy atom. The number of anilines is 2. The molecule has 8 heteroatoms. The maximum Gasteiger partial charge on any atom is 0.407 e. The van der Waals surface area contributed by atoms with E-state index in [0.717, 1.165) is 48.6 Å². The molecule has 8 nitrogen and oxygen atoms in total. The summed E-state index contributed by atoms with van der Waals surface area (Å²) in [7, 11) is 0. The van der Waals surface area contributed by atoms with Crippen LogP contribution in [0.3, 0.4) is 0 Å². The first-order valence-corrected chi connectivity index (χ1v) is 9.52. The molecule has 1 saturated carbocycles. The first-order chi connectivity index (χ1) is 13.2. The molecule has 27 heavy (non-hydrogen) atoms. The van der Waals surface area contributed by atoms with E-state index in [0.29, 0.717) is 19.1 Å². The molecular weight excluding hydrogens is 346 g/mol. The number of nitrogens with one attached hydrogen (secondary N) is 3. The van der Waals surface area contributed by atoms with Gasteiger partial charge in [-0.2, -0.15) is 5.10 Å². The number of carbonyl (C=O) groups is 1. The average Bonchev–Trinajstić information content (AvgIpc) is 3.30. The molecule has 1 fully saturated rings. The number of carbonyl (C=O) groups excluding carboxylic acids is 1. The Hall–Kier alpha value is -2.61. The van der Waals surface area contributed by atoms with Gasteiger partial charge in [-0.15, -0.1) is 0 Å². The second-order valence-corrected chi connectivity index (χ2v) is 7.13. The lowest BCUT2D eigenvalue weighted by molar-refractivity contribution is 0.0601. The highest BCUT2D eigenvalue weighted by Gasteiger charge is 2.30. The Bertz CT molecular complexity index is 793. The number of hydrogen-bond acceptors (Lipinski definition) is 6. The largest absolute Gasteiger partial charge is 0.446 e. The summed E-state index contributed by atoms with van der Waals surface area (Å²) < 4.78 is 11.4. The second kappa shape index (κ2) is 7.96. The van der Waals surface area contributed by atoms with Crippen LogP contribution in [0.15, 0.2) is 24.4 Å². The van der Waals surface area contributed by atoms with E-state index in [2.05, 4.69) is 25.8 Å². The van der Waals surface area contributed by atoms with E-state index < -0.39 is 0 Å². The summed E-state index contributed by atoms with van der Waals surface area (Å²) in [5.41, 5.74) is 2.84. The summed E-state index contributed by atoms with van der Waals surface area (Å²) >= 11 is 0. The van der Waals surface area contributed by atoms with Gasteiger partial charge in [0, 0.05) is 42.7 Å². The zero-order valence-electron chi connectivity index (χ0n) is 15.4. The molecule has 0 unspecified atom stereocenters. The number of rotatable bonds is 0. The monoisotopic (exact) mass is 371 g/mol. The van der Waals surface area contributed by atoms with E-state index in [1.807, 2.05) is 25.1 Å². The number of amides is 1. The Morgan fingerprint density at radius 3 is 3.11 bits per heavy atom. The van der Waals surface area contributed by atoms with Gasteiger partial charge in [0.1, 0.15) is 6.10 Å². The minimum atomic E-state index is -0.351. The van der Waals surface area contributed by atoms with Crippen molar-refractivity contribution in [2.24, 2.45) is 0 Å². The quantitative estimate of drug-likeness (QED) is 0.656. The van der Waals surface area contributed by atoms with Gasteiger partial charge in [0.25, 0.3) is 0 Å². The average molecular weight is 371 g/mol. The molecule has 6 bridgehead atoms. The lowest BCUT2D eigenvalue weighted by atomic mass is 10.0. The summed E-state index contributed by atoms with van der Waals surface area (Å²) in [4.78, 5) is 16.4. The molecule has 3 heterocycles. The smallest absolute Gasteiger partial charge is 0.407 e. The van der Waals surface area contributed by atoms with Crippen LogP contribution in [0.2, 0.25) is 0 Å². The van der Waals surface area contributed by atoms with Crippen LogP contribution in [0.1, 0.15) is 56.0 Å². The molecule has 2 aromatic rings. The Labute approximate surface area is 158 Å². The number of H-pyrrole nitrogens is 1. The molecule has 4 rings (SSSR count). The summed E-state index contributed by atoms with van der Waals surface area (Å²) in [6.07, 6.45) is 4.61. The van der Waals surface area contributed by atoms with Crippen LogP contribution in [0.5, 0.6) is 0 Å². The van der Waals surface area contributed by atoms with Crippen molar-refractivity contribution in [3.8, 4) is 0 Å². The molecule has 3 N–H and O–H groups in total. The van der Waals surface area contributed by atoms with Crippen molar-refractivity contribution < 1.29 is 14.3 Å². The fourth-order valence-corrected chi connectivity index (χ4v) is 3.64. The lowest BCUT2D eigenvalue weighted by Gasteiger charge is -2.15. The van der Waals surface area contributed by atoms with Crippen molar-refractivity contribution in [1.82, 2.24) is 20.5 Å². The van der Waals surface area contributed by atoms with Gasteiger partial charge in [-0.25, -0.2) is 4.79 Å². The highest BCUT2D eigenvalue weighted by atomic mass is 16.6. The second-order valence-electron chi connectivity index (χ2n) is 7.13. The maximum absolute atomic E-state index is 12.0.